The van der Waals surface area contributed by atoms with E-state index in [4.69, 9.17) is 0 Å². The Hall–Kier alpha value is -2.14. The van der Waals surface area contributed by atoms with E-state index >= 15 is 0 Å². The van der Waals surface area contributed by atoms with Crippen molar-refractivity contribution in [2.45, 2.75) is 13.3 Å². The average Bonchev–Trinajstić information content (AvgIpc) is 3.11. The zero-order chi connectivity index (χ0) is 14.0. The first-order chi connectivity index (χ1) is 9.67. The molecule has 1 aliphatic heterocycles. The molecule has 20 heavy (non-hydrogen) atoms. The summed E-state index contributed by atoms with van der Waals surface area (Å²) in [5.41, 5.74) is 2.45. The Morgan fingerprint density at radius 1 is 1.40 bits per heavy atom. The Morgan fingerprint density at radius 2 is 2.30 bits per heavy atom. The molecule has 1 amide bonds. The normalized spacial score (nSPS) is 21.9. The van der Waals surface area contributed by atoms with E-state index in [2.05, 4.69) is 20.8 Å². The van der Waals surface area contributed by atoms with Gasteiger partial charge in [-0.15, -0.1) is 0 Å². The van der Waals surface area contributed by atoms with Crippen LogP contribution in [-0.2, 0) is 4.79 Å². The molecule has 5 nitrogen and oxygen atoms in total. The van der Waals surface area contributed by atoms with Gasteiger partial charge in [-0.2, -0.15) is 5.10 Å². The van der Waals surface area contributed by atoms with Gasteiger partial charge in [0.1, 0.15) is 0 Å². The number of aromatic amines is 1. The van der Waals surface area contributed by atoms with E-state index in [1.807, 2.05) is 37.3 Å². The van der Waals surface area contributed by atoms with E-state index in [0.29, 0.717) is 0 Å². The quantitative estimate of drug-likeness (QED) is 0.799. The zero-order valence-electron chi connectivity index (χ0n) is 11.4. The van der Waals surface area contributed by atoms with E-state index in [0.717, 1.165) is 36.5 Å². The molecule has 0 bridgehead atoms. The molecule has 104 valence electrons. The summed E-state index contributed by atoms with van der Waals surface area (Å²) in [6.07, 6.45) is 2.59. The Morgan fingerprint density at radius 3 is 3.00 bits per heavy atom. The highest BCUT2D eigenvalue weighted by Crippen LogP contribution is 2.27. The van der Waals surface area contributed by atoms with Crippen molar-refractivity contribution in [2.24, 2.45) is 5.41 Å². The van der Waals surface area contributed by atoms with Crippen LogP contribution < -0.4 is 10.6 Å². The summed E-state index contributed by atoms with van der Waals surface area (Å²) in [6, 6.07) is 9.69. The van der Waals surface area contributed by atoms with Gasteiger partial charge in [-0.05, 0) is 38.1 Å². The van der Waals surface area contributed by atoms with E-state index in [9.17, 15) is 4.79 Å². The number of aromatic nitrogens is 2. The maximum absolute atomic E-state index is 12.4. The Kier molecular flexibility index (Phi) is 3.28. The molecule has 1 aromatic heterocycles. The van der Waals surface area contributed by atoms with Crippen LogP contribution in [0.25, 0.3) is 11.3 Å². The zero-order valence-corrected chi connectivity index (χ0v) is 11.4. The fourth-order valence-electron chi connectivity index (χ4n) is 2.47. The maximum atomic E-state index is 12.4. The van der Waals surface area contributed by atoms with Crippen LogP contribution in [-0.4, -0.2) is 29.2 Å². The second-order valence-corrected chi connectivity index (χ2v) is 5.49. The number of carbonyl (C=O) groups is 1. The lowest BCUT2D eigenvalue weighted by molar-refractivity contribution is -0.123. The van der Waals surface area contributed by atoms with Crippen molar-refractivity contribution in [2.75, 3.05) is 18.4 Å². The predicted octanol–water partition coefficient (Wildman–Crippen LogP) is 2.01. The molecule has 1 fully saturated rings. The molecule has 1 aliphatic rings. The second kappa shape index (κ2) is 5.09. The molecule has 3 rings (SSSR count). The van der Waals surface area contributed by atoms with Crippen LogP contribution in [0.3, 0.4) is 0 Å². The number of benzene rings is 1. The molecule has 1 aromatic carbocycles. The van der Waals surface area contributed by atoms with E-state index in [-0.39, 0.29) is 11.3 Å². The van der Waals surface area contributed by atoms with Crippen LogP contribution in [0.5, 0.6) is 0 Å². The molecule has 2 heterocycles. The lowest BCUT2D eigenvalue weighted by Crippen LogP contribution is -2.35. The number of hydrogen-bond donors (Lipinski definition) is 3. The summed E-state index contributed by atoms with van der Waals surface area (Å²) >= 11 is 0. The van der Waals surface area contributed by atoms with Crippen LogP contribution in [0.4, 0.5) is 5.69 Å². The molecular formula is C15H18N4O. The first-order valence-corrected chi connectivity index (χ1v) is 6.79. The Labute approximate surface area is 117 Å². The highest BCUT2D eigenvalue weighted by molar-refractivity contribution is 5.96. The smallest absolute Gasteiger partial charge is 0.231 e. The second-order valence-electron chi connectivity index (χ2n) is 5.49. The predicted molar refractivity (Wildman–Crippen MR) is 78.2 cm³/mol. The lowest BCUT2D eigenvalue weighted by atomic mass is 9.88. The summed E-state index contributed by atoms with van der Waals surface area (Å²) in [5.74, 6) is 0.0734. The van der Waals surface area contributed by atoms with Gasteiger partial charge in [0.2, 0.25) is 5.91 Å². The molecule has 5 heteroatoms. The summed E-state index contributed by atoms with van der Waals surface area (Å²) in [6.45, 7) is 3.64. The Bertz CT molecular complexity index is 600. The van der Waals surface area contributed by atoms with Crippen molar-refractivity contribution in [1.29, 1.82) is 0 Å². The summed E-state index contributed by atoms with van der Waals surface area (Å²) in [4.78, 5) is 12.4. The van der Waals surface area contributed by atoms with Crippen molar-refractivity contribution < 1.29 is 4.79 Å². The van der Waals surface area contributed by atoms with Gasteiger partial charge < -0.3 is 10.6 Å². The third-order valence-electron chi connectivity index (χ3n) is 3.85. The van der Waals surface area contributed by atoms with Crippen molar-refractivity contribution >= 4 is 11.6 Å². The van der Waals surface area contributed by atoms with Crippen molar-refractivity contribution in [3.63, 3.8) is 0 Å². The Balaban J connectivity index is 1.78. The molecule has 1 saturated heterocycles. The molecule has 0 aliphatic carbocycles. The third kappa shape index (κ3) is 2.44. The van der Waals surface area contributed by atoms with Crippen LogP contribution >= 0.6 is 0 Å². The molecule has 3 N–H and O–H groups in total. The molecule has 0 saturated carbocycles. The third-order valence-corrected chi connectivity index (χ3v) is 3.85. The van der Waals surface area contributed by atoms with Crippen LogP contribution in [0.15, 0.2) is 36.5 Å². The van der Waals surface area contributed by atoms with Gasteiger partial charge in [0, 0.05) is 24.0 Å². The molecule has 0 radical (unpaired) electrons. The minimum absolute atomic E-state index is 0.0734. The van der Waals surface area contributed by atoms with Crippen LogP contribution in [0.1, 0.15) is 13.3 Å². The number of amides is 1. The van der Waals surface area contributed by atoms with Gasteiger partial charge in [-0.3, -0.25) is 9.89 Å². The SMILES string of the molecule is CC1(C(=O)Nc2cccc(-c3ccn[nH]3)c2)CCNC1. The first kappa shape index (κ1) is 12.9. The van der Waals surface area contributed by atoms with Crippen molar-refractivity contribution in [3.8, 4) is 11.3 Å². The van der Waals surface area contributed by atoms with Gasteiger partial charge in [0.25, 0.3) is 0 Å². The lowest BCUT2D eigenvalue weighted by Gasteiger charge is -2.21. The van der Waals surface area contributed by atoms with Crippen molar-refractivity contribution in [1.82, 2.24) is 15.5 Å². The van der Waals surface area contributed by atoms with Crippen LogP contribution in [0, 0.1) is 5.41 Å². The van der Waals surface area contributed by atoms with Crippen LogP contribution in [0.2, 0.25) is 0 Å². The first-order valence-electron chi connectivity index (χ1n) is 6.79. The highest BCUT2D eigenvalue weighted by Gasteiger charge is 2.36. The number of nitrogens with one attached hydrogen (secondary N) is 3. The minimum Gasteiger partial charge on any atom is -0.326 e. The highest BCUT2D eigenvalue weighted by atomic mass is 16.2. The number of hydrogen-bond acceptors (Lipinski definition) is 3. The van der Waals surface area contributed by atoms with Gasteiger partial charge in [0.15, 0.2) is 0 Å². The summed E-state index contributed by atoms with van der Waals surface area (Å²) < 4.78 is 0. The van der Waals surface area contributed by atoms with Gasteiger partial charge >= 0.3 is 0 Å². The number of rotatable bonds is 3. The van der Waals surface area contributed by atoms with Crippen molar-refractivity contribution in [3.05, 3.63) is 36.5 Å². The summed E-state index contributed by atoms with van der Waals surface area (Å²) in [5, 5.41) is 13.1. The number of nitrogens with zero attached hydrogens (tertiary/aromatic N) is 1. The fraction of sp³-hybridized carbons (Fsp3) is 0.333. The fourth-order valence-corrected chi connectivity index (χ4v) is 2.47. The van der Waals surface area contributed by atoms with E-state index in [1.54, 1.807) is 6.20 Å². The number of carbonyl (C=O) groups excluding carboxylic acids is 1. The van der Waals surface area contributed by atoms with E-state index in [1.165, 1.54) is 0 Å². The molecular weight excluding hydrogens is 252 g/mol. The van der Waals surface area contributed by atoms with Gasteiger partial charge in [0.05, 0.1) is 11.1 Å². The van der Waals surface area contributed by atoms with Gasteiger partial charge in [-0.25, -0.2) is 0 Å². The topological polar surface area (TPSA) is 69.8 Å². The number of H-pyrrole nitrogens is 1. The maximum Gasteiger partial charge on any atom is 0.231 e. The molecule has 2 aromatic rings. The average molecular weight is 270 g/mol. The minimum atomic E-state index is -0.315. The standard InChI is InChI=1S/C15H18N4O/c1-15(6-8-16-10-15)14(20)18-12-4-2-3-11(9-12)13-5-7-17-19-13/h2-5,7,9,16H,6,8,10H2,1H3,(H,17,19)(H,18,20). The largest absolute Gasteiger partial charge is 0.326 e. The van der Waals surface area contributed by atoms with E-state index < -0.39 is 0 Å². The monoisotopic (exact) mass is 270 g/mol. The molecule has 1 atom stereocenters. The molecule has 0 spiro atoms. The summed E-state index contributed by atoms with van der Waals surface area (Å²) in [7, 11) is 0. The molecule has 1 unspecified atom stereocenters. The van der Waals surface area contributed by atoms with Gasteiger partial charge in [-0.1, -0.05) is 12.1 Å². The number of anilines is 1.